The second kappa shape index (κ2) is 5.08. The summed E-state index contributed by atoms with van der Waals surface area (Å²) in [5.41, 5.74) is 2.49. The fourth-order valence-corrected chi connectivity index (χ4v) is 3.00. The predicted molar refractivity (Wildman–Crippen MR) is 80.7 cm³/mol. The lowest BCUT2D eigenvalue weighted by molar-refractivity contribution is 0.0981. The molecule has 0 bridgehead atoms. The first-order valence-corrected chi connectivity index (χ1v) is 7.07. The molecule has 1 aromatic heterocycles. The number of rotatable bonds is 1. The Labute approximate surface area is 127 Å². The van der Waals surface area contributed by atoms with E-state index in [9.17, 15) is 4.79 Å². The molecule has 1 aliphatic rings. The summed E-state index contributed by atoms with van der Waals surface area (Å²) in [6.45, 7) is 2.02. The van der Waals surface area contributed by atoms with Gasteiger partial charge in [-0.05, 0) is 37.1 Å². The Morgan fingerprint density at radius 3 is 2.75 bits per heavy atom. The second-order valence-corrected chi connectivity index (χ2v) is 5.57. The van der Waals surface area contributed by atoms with Gasteiger partial charge in [0.1, 0.15) is 10.3 Å². The molecule has 0 aliphatic carbocycles. The monoisotopic (exact) mass is 306 g/mol. The molecular formula is C15H12Cl2N2O. The van der Waals surface area contributed by atoms with E-state index in [2.05, 4.69) is 4.98 Å². The minimum Gasteiger partial charge on any atom is -0.305 e. The van der Waals surface area contributed by atoms with Crippen LogP contribution in [-0.4, -0.2) is 16.9 Å². The normalized spacial score (nSPS) is 17.1. The molecule has 2 aromatic rings. The topological polar surface area (TPSA) is 33.2 Å². The molecule has 1 aliphatic heterocycles. The molecule has 0 unspecified atom stereocenters. The van der Waals surface area contributed by atoms with Crippen molar-refractivity contribution >= 4 is 34.8 Å². The van der Waals surface area contributed by atoms with Gasteiger partial charge in [-0.1, -0.05) is 41.4 Å². The maximum Gasteiger partial charge on any atom is 0.261 e. The van der Waals surface area contributed by atoms with E-state index >= 15 is 0 Å². The predicted octanol–water partition coefficient (Wildman–Crippen LogP) is 3.98. The van der Waals surface area contributed by atoms with E-state index in [1.807, 2.05) is 31.2 Å². The molecule has 0 saturated heterocycles. The van der Waals surface area contributed by atoms with Gasteiger partial charge in [-0.15, -0.1) is 0 Å². The first-order chi connectivity index (χ1) is 9.58. The van der Waals surface area contributed by atoms with E-state index in [-0.39, 0.29) is 22.3 Å². The van der Waals surface area contributed by atoms with Crippen molar-refractivity contribution < 1.29 is 4.79 Å². The van der Waals surface area contributed by atoms with Crippen molar-refractivity contribution in [1.82, 2.24) is 4.98 Å². The Morgan fingerprint density at radius 2 is 2.00 bits per heavy atom. The number of halogens is 2. The number of pyridine rings is 1. The Bertz CT molecular complexity index is 687. The van der Waals surface area contributed by atoms with E-state index in [0.29, 0.717) is 5.56 Å². The summed E-state index contributed by atoms with van der Waals surface area (Å²) in [4.78, 5) is 18.4. The molecule has 1 aromatic carbocycles. The fourth-order valence-electron chi connectivity index (χ4n) is 2.58. The van der Waals surface area contributed by atoms with Crippen molar-refractivity contribution in [3.63, 3.8) is 0 Å². The summed E-state index contributed by atoms with van der Waals surface area (Å²) < 4.78 is 0. The number of carbonyl (C=O) groups excluding carboxylic acids is 1. The van der Waals surface area contributed by atoms with Crippen molar-refractivity contribution in [2.45, 2.75) is 19.4 Å². The van der Waals surface area contributed by atoms with Crippen molar-refractivity contribution in [3.05, 3.63) is 57.8 Å². The summed E-state index contributed by atoms with van der Waals surface area (Å²) in [5, 5.41) is 0.417. The zero-order chi connectivity index (χ0) is 14.3. The van der Waals surface area contributed by atoms with Crippen LogP contribution >= 0.6 is 23.2 Å². The maximum atomic E-state index is 12.7. The molecule has 0 saturated carbocycles. The van der Waals surface area contributed by atoms with Crippen LogP contribution in [0.25, 0.3) is 0 Å². The van der Waals surface area contributed by atoms with Crippen LogP contribution in [0.3, 0.4) is 0 Å². The number of benzene rings is 1. The smallest absolute Gasteiger partial charge is 0.261 e. The van der Waals surface area contributed by atoms with Gasteiger partial charge in [0.2, 0.25) is 0 Å². The number of hydrogen-bond acceptors (Lipinski definition) is 2. The fraction of sp³-hybridized carbons (Fsp3) is 0.200. The molecule has 0 fully saturated rings. The minimum atomic E-state index is -0.142. The summed E-state index contributed by atoms with van der Waals surface area (Å²) >= 11 is 11.8. The van der Waals surface area contributed by atoms with Gasteiger partial charge >= 0.3 is 0 Å². The summed E-state index contributed by atoms with van der Waals surface area (Å²) in [6, 6.07) is 11.2. The number of carbonyl (C=O) groups is 1. The number of aromatic nitrogens is 1. The van der Waals surface area contributed by atoms with Crippen molar-refractivity contribution in [2.75, 3.05) is 4.90 Å². The van der Waals surface area contributed by atoms with Crippen LogP contribution < -0.4 is 4.90 Å². The standard InChI is InChI=1S/C15H12Cl2N2O/c1-9-8-10-4-2-3-5-12(10)19(9)15(20)11-6-7-13(16)18-14(11)17/h2-7,9H,8H2,1H3/t9-/m1/s1. The van der Waals surface area contributed by atoms with Crippen molar-refractivity contribution in [3.8, 4) is 0 Å². The molecule has 1 amide bonds. The first kappa shape index (κ1) is 13.4. The van der Waals surface area contributed by atoms with Gasteiger partial charge in [0, 0.05) is 11.7 Å². The lowest BCUT2D eigenvalue weighted by atomic mass is 10.1. The van der Waals surface area contributed by atoms with Crippen LogP contribution in [0, 0.1) is 0 Å². The minimum absolute atomic E-state index is 0.103. The lowest BCUT2D eigenvalue weighted by Gasteiger charge is -2.23. The first-order valence-electron chi connectivity index (χ1n) is 6.31. The van der Waals surface area contributed by atoms with Crippen LogP contribution in [-0.2, 0) is 6.42 Å². The summed E-state index contributed by atoms with van der Waals surface area (Å²) in [5.74, 6) is -0.142. The van der Waals surface area contributed by atoms with E-state index in [4.69, 9.17) is 23.2 Å². The van der Waals surface area contributed by atoms with E-state index in [0.717, 1.165) is 12.1 Å². The highest BCUT2D eigenvalue weighted by Crippen LogP contribution is 2.33. The Balaban J connectivity index is 2.03. The Kier molecular flexibility index (Phi) is 3.40. The number of anilines is 1. The highest BCUT2D eigenvalue weighted by molar-refractivity contribution is 6.35. The number of fused-ring (bicyclic) bond motifs is 1. The molecule has 5 heteroatoms. The lowest BCUT2D eigenvalue weighted by Crippen LogP contribution is -2.36. The van der Waals surface area contributed by atoms with Crippen LogP contribution in [0.1, 0.15) is 22.8 Å². The van der Waals surface area contributed by atoms with Gasteiger partial charge in [0.05, 0.1) is 5.56 Å². The molecular weight excluding hydrogens is 295 g/mol. The number of para-hydroxylation sites is 1. The average Bonchev–Trinajstić information content (AvgIpc) is 2.73. The van der Waals surface area contributed by atoms with Gasteiger partial charge in [0.15, 0.2) is 0 Å². The molecule has 20 heavy (non-hydrogen) atoms. The number of amides is 1. The maximum absolute atomic E-state index is 12.7. The molecule has 0 radical (unpaired) electrons. The van der Waals surface area contributed by atoms with E-state index < -0.39 is 0 Å². The van der Waals surface area contributed by atoms with Gasteiger partial charge in [-0.3, -0.25) is 4.79 Å². The van der Waals surface area contributed by atoms with Crippen LogP contribution in [0.4, 0.5) is 5.69 Å². The summed E-state index contributed by atoms with van der Waals surface area (Å²) in [7, 11) is 0. The van der Waals surface area contributed by atoms with Gasteiger partial charge in [-0.2, -0.15) is 0 Å². The third kappa shape index (κ3) is 2.17. The zero-order valence-corrected chi connectivity index (χ0v) is 12.3. The largest absolute Gasteiger partial charge is 0.305 e. The SMILES string of the molecule is C[C@@H]1Cc2ccccc2N1C(=O)c1ccc(Cl)nc1Cl. The average molecular weight is 307 g/mol. The quantitative estimate of drug-likeness (QED) is 0.747. The van der Waals surface area contributed by atoms with Gasteiger partial charge < -0.3 is 4.90 Å². The molecule has 1 atom stereocenters. The van der Waals surface area contributed by atoms with Crippen molar-refractivity contribution in [2.24, 2.45) is 0 Å². The van der Waals surface area contributed by atoms with Crippen LogP contribution in [0.15, 0.2) is 36.4 Å². The second-order valence-electron chi connectivity index (χ2n) is 4.83. The van der Waals surface area contributed by atoms with Gasteiger partial charge in [-0.25, -0.2) is 4.98 Å². The number of hydrogen-bond donors (Lipinski definition) is 0. The zero-order valence-electron chi connectivity index (χ0n) is 10.8. The third-order valence-electron chi connectivity index (χ3n) is 3.47. The van der Waals surface area contributed by atoms with E-state index in [1.54, 1.807) is 17.0 Å². The molecule has 3 rings (SSSR count). The Morgan fingerprint density at radius 1 is 1.25 bits per heavy atom. The molecule has 102 valence electrons. The molecule has 0 spiro atoms. The van der Waals surface area contributed by atoms with Gasteiger partial charge in [0.25, 0.3) is 5.91 Å². The summed E-state index contributed by atoms with van der Waals surface area (Å²) in [6.07, 6.45) is 0.848. The van der Waals surface area contributed by atoms with Crippen LogP contribution in [0.5, 0.6) is 0 Å². The molecule has 0 N–H and O–H groups in total. The Hall–Kier alpha value is -1.58. The third-order valence-corrected chi connectivity index (χ3v) is 3.97. The highest BCUT2D eigenvalue weighted by atomic mass is 35.5. The number of nitrogens with zero attached hydrogens (tertiary/aromatic N) is 2. The highest BCUT2D eigenvalue weighted by Gasteiger charge is 2.32. The van der Waals surface area contributed by atoms with Crippen LogP contribution in [0.2, 0.25) is 10.3 Å². The van der Waals surface area contributed by atoms with Crippen molar-refractivity contribution in [1.29, 1.82) is 0 Å². The molecule has 3 nitrogen and oxygen atoms in total. The molecule has 2 heterocycles. The van der Waals surface area contributed by atoms with E-state index in [1.165, 1.54) is 5.56 Å².